The Kier molecular flexibility index (Phi) is 9.15. The normalized spacial score (nSPS) is 21.3. The topological polar surface area (TPSA) is 95.6 Å². The molecular formula is C26H28Cl2F3N3O4S. The standard InChI is InChI=1S/C26H28Cl2F3N3O4S/c27-20-8-5-17(14-21(20)28)19-15-23(19)32-9-1-2-22(25(36)34-10-12-39(37,38)13-11-34)33-24(35)16-3-6-18(7-4-16)26(29,30)31/h3-8,14,19,22-23,32H,1-2,9-13,15H2,(H,33,35)/t19-,22-,23?/m0/s1. The SMILES string of the molecule is O=C(N[C@@H](CCCNC1C[C@H]1c1ccc(Cl)c(Cl)c1)C(=O)N1CCS(=O)(=O)CC1)c1ccc(C(F)(F)F)cc1. The van der Waals surface area contributed by atoms with Crippen LogP contribution in [0.25, 0.3) is 0 Å². The van der Waals surface area contributed by atoms with Crippen molar-refractivity contribution >= 4 is 44.9 Å². The smallest absolute Gasteiger partial charge is 0.340 e. The molecule has 2 fully saturated rings. The molecule has 2 aromatic rings. The third-order valence-corrected chi connectivity index (χ3v) is 9.32. The molecule has 212 valence electrons. The van der Waals surface area contributed by atoms with E-state index in [0.717, 1.165) is 36.2 Å². The van der Waals surface area contributed by atoms with E-state index in [4.69, 9.17) is 23.2 Å². The van der Waals surface area contributed by atoms with E-state index in [2.05, 4.69) is 10.6 Å². The van der Waals surface area contributed by atoms with E-state index in [-0.39, 0.29) is 42.6 Å². The van der Waals surface area contributed by atoms with E-state index in [1.807, 2.05) is 12.1 Å². The second-order valence-corrected chi connectivity index (χ2v) is 12.9. The minimum Gasteiger partial charge on any atom is -0.340 e. The fourth-order valence-corrected chi connectivity index (χ4v) is 6.10. The Bertz CT molecular complexity index is 1310. The molecule has 1 aliphatic carbocycles. The summed E-state index contributed by atoms with van der Waals surface area (Å²) in [7, 11) is -3.21. The van der Waals surface area contributed by atoms with Gasteiger partial charge in [0.15, 0.2) is 9.84 Å². The number of nitrogens with one attached hydrogen (secondary N) is 2. The van der Waals surface area contributed by atoms with Crippen molar-refractivity contribution in [3.05, 3.63) is 69.2 Å². The van der Waals surface area contributed by atoms with Crippen molar-refractivity contribution in [1.82, 2.24) is 15.5 Å². The lowest BCUT2D eigenvalue weighted by Gasteiger charge is -2.30. The highest BCUT2D eigenvalue weighted by Gasteiger charge is 2.38. The first-order valence-corrected chi connectivity index (χ1v) is 15.1. The van der Waals surface area contributed by atoms with Crippen molar-refractivity contribution < 1.29 is 31.2 Å². The number of nitrogens with zero attached hydrogens (tertiary/aromatic N) is 1. The van der Waals surface area contributed by atoms with Crippen LogP contribution in [0.15, 0.2) is 42.5 Å². The maximum atomic E-state index is 13.2. The molecule has 1 unspecified atom stereocenters. The van der Waals surface area contributed by atoms with Gasteiger partial charge in [0.05, 0.1) is 27.1 Å². The van der Waals surface area contributed by atoms with Crippen molar-refractivity contribution in [2.45, 2.75) is 43.4 Å². The van der Waals surface area contributed by atoms with Crippen LogP contribution in [0.5, 0.6) is 0 Å². The van der Waals surface area contributed by atoms with Gasteiger partial charge >= 0.3 is 6.18 Å². The van der Waals surface area contributed by atoms with E-state index in [0.29, 0.717) is 28.9 Å². The largest absolute Gasteiger partial charge is 0.416 e. The summed E-state index contributed by atoms with van der Waals surface area (Å²) in [6.45, 7) is 0.621. The summed E-state index contributed by atoms with van der Waals surface area (Å²) in [6.07, 6.45) is -2.81. The molecule has 2 N–H and O–H groups in total. The Morgan fingerprint density at radius 1 is 1.03 bits per heavy atom. The molecule has 2 aliphatic rings. The number of benzene rings is 2. The Balaban J connectivity index is 1.35. The predicted molar refractivity (Wildman–Crippen MR) is 143 cm³/mol. The third kappa shape index (κ3) is 7.87. The van der Waals surface area contributed by atoms with Gasteiger partial charge in [-0.2, -0.15) is 13.2 Å². The average molecular weight is 606 g/mol. The van der Waals surface area contributed by atoms with Crippen molar-refractivity contribution in [2.24, 2.45) is 0 Å². The van der Waals surface area contributed by atoms with Gasteiger partial charge in [-0.3, -0.25) is 9.59 Å². The zero-order chi connectivity index (χ0) is 28.4. The summed E-state index contributed by atoms with van der Waals surface area (Å²) in [5.74, 6) is -1.10. The number of halogens is 5. The van der Waals surface area contributed by atoms with Gasteiger partial charge in [-0.25, -0.2) is 8.42 Å². The predicted octanol–water partition coefficient (Wildman–Crippen LogP) is 4.29. The van der Waals surface area contributed by atoms with Crippen LogP contribution in [0, 0.1) is 0 Å². The Morgan fingerprint density at radius 3 is 2.31 bits per heavy atom. The fraction of sp³-hybridized carbons (Fsp3) is 0.462. The van der Waals surface area contributed by atoms with E-state index >= 15 is 0 Å². The van der Waals surface area contributed by atoms with Gasteiger partial charge in [-0.1, -0.05) is 29.3 Å². The fourth-order valence-electron chi connectivity index (χ4n) is 4.59. The van der Waals surface area contributed by atoms with Crippen LogP contribution in [0.1, 0.15) is 46.7 Å². The van der Waals surface area contributed by atoms with Crippen LogP contribution in [0.3, 0.4) is 0 Å². The van der Waals surface area contributed by atoms with Crippen molar-refractivity contribution in [2.75, 3.05) is 31.1 Å². The number of carbonyl (C=O) groups excluding carboxylic acids is 2. The molecule has 13 heteroatoms. The number of rotatable bonds is 9. The van der Waals surface area contributed by atoms with E-state index < -0.39 is 39.4 Å². The lowest BCUT2D eigenvalue weighted by atomic mass is 10.1. The highest BCUT2D eigenvalue weighted by molar-refractivity contribution is 7.91. The second kappa shape index (κ2) is 12.0. The van der Waals surface area contributed by atoms with Gasteiger partial charge in [0, 0.05) is 30.6 Å². The summed E-state index contributed by atoms with van der Waals surface area (Å²) in [4.78, 5) is 27.4. The van der Waals surface area contributed by atoms with Crippen molar-refractivity contribution in [3.8, 4) is 0 Å². The number of amides is 2. The van der Waals surface area contributed by atoms with Crippen LogP contribution >= 0.6 is 23.2 Å². The summed E-state index contributed by atoms with van der Waals surface area (Å²) in [5, 5.41) is 7.06. The van der Waals surface area contributed by atoms with Crippen LogP contribution in [0.2, 0.25) is 10.0 Å². The van der Waals surface area contributed by atoms with E-state index in [9.17, 15) is 31.2 Å². The Hall–Kier alpha value is -2.34. The monoisotopic (exact) mass is 605 g/mol. The van der Waals surface area contributed by atoms with Crippen molar-refractivity contribution in [3.63, 3.8) is 0 Å². The molecule has 1 heterocycles. The molecule has 1 aliphatic heterocycles. The summed E-state index contributed by atoms with van der Waals surface area (Å²) < 4.78 is 62.2. The van der Waals surface area contributed by atoms with Gasteiger partial charge < -0.3 is 15.5 Å². The van der Waals surface area contributed by atoms with Gasteiger partial charge in [0.1, 0.15) is 6.04 Å². The lowest BCUT2D eigenvalue weighted by Crippen LogP contribution is -2.53. The molecule has 39 heavy (non-hydrogen) atoms. The number of hydrogen-bond donors (Lipinski definition) is 2. The first-order chi connectivity index (χ1) is 18.3. The second-order valence-electron chi connectivity index (χ2n) is 9.80. The summed E-state index contributed by atoms with van der Waals surface area (Å²) in [5.41, 5.74) is 0.188. The first-order valence-electron chi connectivity index (χ1n) is 12.5. The minimum atomic E-state index is -4.53. The maximum Gasteiger partial charge on any atom is 0.416 e. The first kappa shape index (κ1) is 29.6. The number of carbonyl (C=O) groups is 2. The summed E-state index contributed by atoms with van der Waals surface area (Å²) >= 11 is 12.1. The molecule has 3 atom stereocenters. The molecule has 2 aromatic carbocycles. The molecule has 4 rings (SSSR count). The van der Waals surface area contributed by atoms with Gasteiger partial charge in [-0.05, 0) is 67.8 Å². The Morgan fingerprint density at radius 2 is 1.69 bits per heavy atom. The zero-order valence-corrected chi connectivity index (χ0v) is 23.1. The van der Waals surface area contributed by atoms with Crippen molar-refractivity contribution in [1.29, 1.82) is 0 Å². The van der Waals surface area contributed by atoms with E-state index in [1.165, 1.54) is 4.90 Å². The summed E-state index contributed by atoms with van der Waals surface area (Å²) in [6, 6.07) is 8.57. The van der Waals surface area contributed by atoms with E-state index in [1.54, 1.807) is 6.07 Å². The average Bonchev–Trinajstić information content (AvgIpc) is 3.66. The number of sulfone groups is 1. The molecule has 7 nitrogen and oxygen atoms in total. The third-order valence-electron chi connectivity index (χ3n) is 6.97. The molecule has 2 amide bonds. The number of alkyl halides is 3. The highest BCUT2D eigenvalue weighted by atomic mass is 35.5. The van der Waals surface area contributed by atoms with Gasteiger partial charge in [-0.15, -0.1) is 0 Å². The van der Waals surface area contributed by atoms with Crippen LogP contribution in [0.4, 0.5) is 13.2 Å². The minimum absolute atomic E-state index is 0.0115. The van der Waals surface area contributed by atoms with Gasteiger partial charge in [0.25, 0.3) is 5.91 Å². The molecule has 0 aromatic heterocycles. The lowest BCUT2D eigenvalue weighted by molar-refractivity contribution is -0.137. The molecule has 0 spiro atoms. The maximum absolute atomic E-state index is 13.2. The molecular weight excluding hydrogens is 578 g/mol. The van der Waals surface area contributed by atoms with Gasteiger partial charge in [0.2, 0.25) is 5.91 Å². The quantitative estimate of drug-likeness (QED) is 0.416. The molecule has 0 bridgehead atoms. The van der Waals surface area contributed by atoms with Crippen LogP contribution in [-0.2, 0) is 20.8 Å². The van der Waals surface area contributed by atoms with Crippen LogP contribution in [-0.4, -0.2) is 68.4 Å². The van der Waals surface area contributed by atoms with Crippen LogP contribution < -0.4 is 10.6 Å². The highest BCUT2D eigenvalue weighted by Crippen LogP contribution is 2.42. The number of hydrogen-bond acceptors (Lipinski definition) is 5. The zero-order valence-electron chi connectivity index (χ0n) is 20.8. The Labute approximate surface area is 234 Å². The molecule has 0 radical (unpaired) electrons. The molecule has 1 saturated heterocycles. The molecule has 1 saturated carbocycles.